The SMILES string of the molecule is O=c1[nH]nc2ccc(NCc3ccc(Cl)s3)nn12. The van der Waals surface area contributed by atoms with Crippen LogP contribution < -0.4 is 11.0 Å². The lowest BCUT2D eigenvalue weighted by molar-refractivity contribution is 0.876. The Labute approximate surface area is 110 Å². The van der Waals surface area contributed by atoms with E-state index in [-0.39, 0.29) is 5.69 Å². The molecule has 3 aromatic heterocycles. The van der Waals surface area contributed by atoms with Gasteiger partial charge in [-0.3, -0.25) is 0 Å². The van der Waals surface area contributed by atoms with Crippen molar-refractivity contribution in [3.63, 3.8) is 0 Å². The Morgan fingerprint density at radius 2 is 2.28 bits per heavy atom. The van der Waals surface area contributed by atoms with Gasteiger partial charge in [-0.25, -0.2) is 9.89 Å². The highest BCUT2D eigenvalue weighted by molar-refractivity contribution is 7.16. The van der Waals surface area contributed by atoms with Gasteiger partial charge >= 0.3 is 5.69 Å². The van der Waals surface area contributed by atoms with Gasteiger partial charge in [0.05, 0.1) is 10.9 Å². The van der Waals surface area contributed by atoms with E-state index in [2.05, 4.69) is 20.6 Å². The molecule has 0 saturated heterocycles. The number of anilines is 1. The van der Waals surface area contributed by atoms with Crippen LogP contribution in [0.3, 0.4) is 0 Å². The molecule has 3 aromatic rings. The van der Waals surface area contributed by atoms with Crippen LogP contribution in [0, 0.1) is 0 Å². The van der Waals surface area contributed by atoms with E-state index in [0.29, 0.717) is 18.0 Å². The molecule has 3 rings (SSSR count). The second-order valence-corrected chi connectivity index (χ2v) is 5.38. The molecular weight excluding hydrogens is 274 g/mol. The number of fused-ring (bicyclic) bond motifs is 1. The summed E-state index contributed by atoms with van der Waals surface area (Å²) in [6, 6.07) is 7.28. The first-order valence-corrected chi connectivity index (χ1v) is 6.34. The number of hydrogen-bond donors (Lipinski definition) is 2. The number of rotatable bonds is 3. The number of nitrogens with one attached hydrogen (secondary N) is 2. The first-order chi connectivity index (χ1) is 8.72. The highest BCUT2D eigenvalue weighted by Gasteiger charge is 2.03. The standard InChI is InChI=1S/C10H8ClN5OS/c11-7-2-1-6(18-7)5-12-8-3-4-9-13-14-10(17)16(9)15-8/h1-4H,5H2,(H,12,15)(H,14,17). The lowest BCUT2D eigenvalue weighted by Gasteiger charge is -2.02. The summed E-state index contributed by atoms with van der Waals surface area (Å²) in [5.74, 6) is 0.607. The second-order valence-electron chi connectivity index (χ2n) is 3.58. The number of nitrogens with zero attached hydrogens (tertiary/aromatic N) is 3. The summed E-state index contributed by atoms with van der Waals surface area (Å²) in [5.41, 5.74) is 0.137. The molecule has 0 saturated carbocycles. The molecule has 0 atom stereocenters. The lowest BCUT2D eigenvalue weighted by Crippen LogP contribution is -2.13. The number of aromatic amines is 1. The quantitative estimate of drug-likeness (QED) is 0.767. The maximum atomic E-state index is 11.3. The van der Waals surface area contributed by atoms with Gasteiger partial charge in [0.1, 0.15) is 5.82 Å². The third kappa shape index (κ3) is 2.09. The summed E-state index contributed by atoms with van der Waals surface area (Å²) in [4.78, 5) is 12.4. The molecule has 0 bridgehead atoms. The fraction of sp³-hybridized carbons (Fsp3) is 0.100. The first kappa shape index (κ1) is 11.2. The molecule has 18 heavy (non-hydrogen) atoms. The molecular formula is C10H8ClN5OS. The Bertz CT molecular complexity index is 746. The third-order valence-corrected chi connectivity index (χ3v) is 3.58. The van der Waals surface area contributed by atoms with Gasteiger partial charge in [-0.1, -0.05) is 11.6 Å². The van der Waals surface area contributed by atoms with E-state index in [4.69, 9.17) is 11.6 Å². The van der Waals surface area contributed by atoms with Crippen LogP contribution in [0.15, 0.2) is 29.1 Å². The fourth-order valence-corrected chi connectivity index (χ4v) is 2.55. The summed E-state index contributed by atoms with van der Waals surface area (Å²) in [6.07, 6.45) is 0. The van der Waals surface area contributed by atoms with Gasteiger partial charge in [0.25, 0.3) is 0 Å². The van der Waals surface area contributed by atoms with Crippen LogP contribution in [0.2, 0.25) is 4.34 Å². The van der Waals surface area contributed by atoms with E-state index >= 15 is 0 Å². The van der Waals surface area contributed by atoms with Crippen molar-refractivity contribution in [2.24, 2.45) is 0 Å². The topological polar surface area (TPSA) is 75.1 Å². The molecule has 0 fully saturated rings. The van der Waals surface area contributed by atoms with Gasteiger partial charge in [-0.15, -0.1) is 16.4 Å². The maximum Gasteiger partial charge on any atom is 0.364 e. The minimum Gasteiger partial charge on any atom is -0.364 e. The molecule has 6 nitrogen and oxygen atoms in total. The summed E-state index contributed by atoms with van der Waals surface area (Å²) in [7, 11) is 0. The predicted octanol–water partition coefficient (Wildman–Crippen LogP) is 1.74. The van der Waals surface area contributed by atoms with Gasteiger partial charge in [0.15, 0.2) is 5.65 Å². The van der Waals surface area contributed by atoms with E-state index in [1.165, 1.54) is 15.9 Å². The fourth-order valence-electron chi connectivity index (χ4n) is 1.52. The van der Waals surface area contributed by atoms with Crippen molar-refractivity contribution in [1.82, 2.24) is 19.8 Å². The van der Waals surface area contributed by atoms with E-state index in [1.807, 2.05) is 12.1 Å². The van der Waals surface area contributed by atoms with E-state index in [9.17, 15) is 4.79 Å². The minimum atomic E-state index is -0.354. The van der Waals surface area contributed by atoms with Crippen molar-refractivity contribution in [1.29, 1.82) is 0 Å². The Morgan fingerprint density at radius 1 is 1.39 bits per heavy atom. The highest BCUT2D eigenvalue weighted by atomic mass is 35.5. The Kier molecular flexibility index (Phi) is 2.77. The van der Waals surface area contributed by atoms with Crippen molar-refractivity contribution in [3.8, 4) is 0 Å². The number of hydrogen-bond acceptors (Lipinski definition) is 5. The van der Waals surface area contributed by atoms with Gasteiger partial charge in [0.2, 0.25) is 0 Å². The van der Waals surface area contributed by atoms with Crippen molar-refractivity contribution < 1.29 is 0 Å². The first-order valence-electron chi connectivity index (χ1n) is 5.15. The molecule has 3 heterocycles. The number of H-pyrrole nitrogens is 1. The molecule has 8 heteroatoms. The predicted molar refractivity (Wildman–Crippen MR) is 70.3 cm³/mol. The van der Waals surface area contributed by atoms with Gasteiger partial charge in [-0.2, -0.15) is 9.61 Å². The van der Waals surface area contributed by atoms with Crippen molar-refractivity contribution >= 4 is 34.4 Å². The Morgan fingerprint density at radius 3 is 3.06 bits per heavy atom. The number of aromatic nitrogens is 4. The maximum absolute atomic E-state index is 11.3. The Balaban J connectivity index is 1.82. The lowest BCUT2D eigenvalue weighted by atomic mass is 10.4. The summed E-state index contributed by atoms with van der Waals surface area (Å²) in [6.45, 7) is 0.614. The average Bonchev–Trinajstić information content (AvgIpc) is 2.94. The van der Waals surface area contributed by atoms with Crippen molar-refractivity contribution in [3.05, 3.63) is 44.0 Å². The minimum absolute atomic E-state index is 0.354. The molecule has 0 aromatic carbocycles. The van der Waals surface area contributed by atoms with Crippen molar-refractivity contribution in [2.75, 3.05) is 5.32 Å². The normalized spacial score (nSPS) is 10.9. The van der Waals surface area contributed by atoms with Crippen LogP contribution in [0.1, 0.15) is 4.88 Å². The summed E-state index contributed by atoms with van der Waals surface area (Å²) >= 11 is 7.35. The zero-order chi connectivity index (χ0) is 12.5. The zero-order valence-electron chi connectivity index (χ0n) is 9.05. The Hall–Kier alpha value is -1.86. The van der Waals surface area contributed by atoms with Crippen LogP contribution in [0.25, 0.3) is 5.65 Å². The largest absolute Gasteiger partial charge is 0.364 e. The van der Waals surface area contributed by atoms with Crippen LogP contribution >= 0.6 is 22.9 Å². The van der Waals surface area contributed by atoms with E-state index in [0.717, 1.165) is 9.21 Å². The second kappa shape index (κ2) is 4.43. The van der Waals surface area contributed by atoms with Crippen LogP contribution in [0.4, 0.5) is 5.82 Å². The van der Waals surface area contributed by atoms with Crippen LogP contribution in [-0.4, -0.2) is 19.8 Å². The molecule has 0 spiro atoms. The van der Waals surface area contributed by atoms with Gasteiger partial charge < -0.3 is 5.32 Å². The van der Waals surface area contributed by atoms with Crippen molar-refractivity contribution in [2.45, 2.75) is 6.54 Å². The molecule has 0 aliphatic rings. The average molecular weight is 282 g/mol. The van der Waals surface area contributed by atoms with Crippen LogP contribution in [0.5, 0.6) is 0 Å². The van der Waals surface area contributed by atoms with E-state index < -0.39 is 0 Å². The molecule has 0 radical (unpaired) electrons. The smallest absolute Gasteiger partial charge is 0.364 e. The summed E-state index contributed by atoms with van der Waals surface area (Å²) < 4.78 is 1.96. The highest BCUT2D eigenvalue weighted by Crippen LogP contribution is 2.21. The molecule has 0 aliphatic heterocycles. The molecule has 0 unspecified atom stereocenters. The number of halogens is 1. The van der Waals surface area contributed by atoms with Crippen LogP contribution in [-0.2, 0) is 6.54 Å². The van der Waals surface area contributed by atoms with Gasteiger partial charge in [-0.05, 0) is 24.3 Å². The molecule has 0 aliphatic carbocycles. The molecule has 2 N–H and O–H groups in total. The molecule has 0 amide bonds. The van der Waals surface area contributed by atoms with E-state index in [1.54, 1.807) is 12.1 Å². The monoisotopic (exact) mass is 281 g/mol. The number of thiophene rings is 1. The molecule has 92 valence electrons. The summed E-state index contributed by atoms with van der Waals surface area (Å²) in [5, 5.41) is 13.4. The zero-order valence-corrected chi connectivity index (χ0v) is 10.6. The third-order valence-electron chi connectivity index (χ3n) is 2.35. The van der Waals surface area contributed by atoms with Gasteiger partial charge in [0, 0.05) is 4.88 Å².